The van der Waals surface area contributed by atoms with Gasteiger partial charge in [-0.15, -0.1) is 0 Å². The average molecular weight is 204 g/mol. The molecule has 0 spiro atoms. The number of benzene rings is 1. The van der Waals surface area contributed by atoms with Crippen LogP contribution in [0.15, 0.2) is 24.3 Å². The highest BCUT2D eigenvalue weighted by molar-refractivity contribution is 5.89. The van der Waals surface area contributed by atoms with Crippen LogP contribution in [0, 0.1) is 0 Å². The summed E-state index contributed by atoms with van der Waals surface area (Å²) in [6.07, 6.45) is 1.13. The smallest absolute Gasteiger partial charge is 0.209 e. The van der Waals surface area contributed by atoms with Crippen LogP contribution in [0.25, 0.3) is 0 Å². The zero-order valence-electron chi connectivity index (χ0n) is 9.40. The van der Waals surface area contributed by atoms with Gasteiger partial charge in [-0.25, -0.2) is 0 Å². The first kappa shape index (κ1) is 10.4. The second kappa shape index (κ2) is 4.15. The summed E-state index contributed by atoms with van der Waals surface area (Å²) in [5.74, 6) is 0.535. The number of aliphatic hydroxyl groups excluding tert-OH is 1. The van der Waals surface area contributed by atoms with Gasteiger partial charge in [0.05, 0.1) is 5.92 Å². The number of fused-ring (bicyclic) bond motifs is 1. The van der Waals surface area contributed by atoms with Gasteiger partial charge in [-0.3, -0.25) is 0 Å². The lowest BCUT2D eigenvalue weighted by molar-refractivity contribution is -0.441. The van der Waals surface area contributed by atoms with Crippen molar-refractivity contribution in [3.8, 4) is 0 Å². The molecular formula is C13H18NO+. The Hall–Kier alpha value is -1.15. The van der Waals surface area contributed by atoms with Crippen molar-refractivity contribution < 1.29 is 9.68 Å². The second-order valence-electron chi connectivity index (χ2n) is 4.04. The summed E-state index contributed by atoms with van der Waals surface area (Å²) in [6, 6.07) is 8.50. The molecule has 1 N–H and O–H groups in total. The lowest BCUT2D eigenvalue weighted by Gasteiger charge is -2.02. The van der Waals surface area contributed by atoms with Crippen molar-refractivity contribution in [2.24, 2.45) is 0 Å². The Morgan fingerprint density at radius 1 is 1.33 bits per heavy atom. The molecule has 1 aromatic rings. The van der Waals surface area contributed by atoms with Gasteiger partial charge in [-0.2, -0.15) is 4.58 Å². The van der Waals surface area contributed by atoms with E-state index in [-0.39, 0.29) is 6.61 Å². The predicted octanol–water partition coefficient (Wildman–Crippen LogP) is 2.29. The van der Waals surface area contributed by atoms with E-state index in [0.717, 1.165) is 6.42 Å². The highest BCUT2D eigenvalue weighted by Gasteiger charge is 2.34. The van der Waals surface area contributed by atoms with Crippen molar-refractivity contribution in [2.75, 3.05) is 13.2 Å². The predicted molar refractivity (Wildman–Crippen MR) is 62.0 cm³/mol. The third-order valence-corrected chi connectivity index (χ3v) is 3.26. The van der Waals surface area contributed by atoms with E-state index in [9.17, 15) is 0 Å². The van der Waals surface area contributed by atoms with Crippen LogP contribution in [0.2, 0.25) is 0 Å². The first-order chi connectivity index (χ1) is 7.29. The lowest BCUT2D eigenvalue weighted by Crippen LogP contribution is -2.16. The number of para-hydroxylation sites is 1. The molecule has 1 aliphatic heterocycles. The van der Waals surface area contributed by atoms with Crippen molar-refractivity contribution in [3.63, 3.8) is 0 Å². The molecule has 1 aromatic carbocycles. The molecule has 2 nitrogen and oxygen atoms in total. The molecule has 0 saturated heterocycles. The Balaban J connectivity index is 2.48. The Bertz CT molecular complexity index is 395. The summed E-state index contributed by atoms with van der Waals surface area (Å²) in [7, 11) is 0. The largest absolute Gasteiger partial charge is 0.390 e. The molecule has 15 heavy (non-hydrogen) atoms. The van der Waals surface area contributed by atoms with Gasteiger partial charge in [-0.05, 0) is 6.42 Å². The van der Waals surface area contributed by atoms with E-state index in [0.29, 0.717) is 12.5 Å². The molecule has 0 radical (unpaired) electrons. The maximum Gasteiger partial charge on any atom is 0.209 e. The number of aliphatic hydroxyl groups is 1. The maximum atomic E-state index is 9.07. The van der Waals surface area contributed by atoms with E-state index in [1.165, 1.54) is 17.0 Å². The molecule has 1 heterocycles. The number of nitrogens with zero attached hydrogens (tertiary/aromatic N) is 1. The minimum Gasteiger partial charge on any atom is -0.390 e. The molecular weight excluding hydrogens is 186 g/mol. The first-order valence-corrected chi connectivity index (χ1v) is 5.60. The monoisotopic (exact) mass is 204 g/mol. The maximum absolute atomic E-state index is 9.07. The summed E-state index contributed by atoms with van der Waals surface area (Å²) in [5.41, 5.74) is 4.05. The summed E-state index contributed by atoms with van der Waals surface area (Å²) < 4.78 is 2.24. The molecule has 80 valence electrons. The van der Waals surface area contributed by atoms with Crippen LogP contribution in [-0.2, 0) is 0 Å². The molecule has 0 saturated carbocycles. The summed E-state index contributed by atoms with van der Waals surface area (Å²) in [6.45, 7) is 5.30. The van der Waals surface area contributed by atoms with Crippen molar-refractivity contribution in [2.45, 2.75) is 26.2 Å². The van der Waals surface area contributed by atoms with Gasteiger partial charge in [0.15, 0.2) is 12.3 Å². The topological polar surface area (TPSA) is 23.2 Å². The molecule has 0 aliphatic carbocycles. The van der Waals surface area contributed by atoms with Crippen LogP contribution in [0.3, 0.4) is 0 Å². The van der Waals surface area contributed by atoms with E-state index < -0.39 is 0 Å². The van der Waals surface area contributed by atoms with Gasteiger partial charge >= 0.3 is 0 Å². The van der Waals surface area contributed by atoms with Crippen LogP contribution in [0.4, 0.5) is 5.69 Å². The van der Waals surface area contributed by atoms with Crippen LogP contribution in [-0.4, -0.2) is 28.5 Å². The highest BCUT2D eigenvalue weighted by atomic mass is 16.3. The van der Waals surface area contributed by atoms with Crippen molar-refractivity contribution in [1.29, 1.82) is 0 Å². The van der Waals surface area contributed by atoms with Gasteiger partial charge in [0.1, 0.15) is 6.61 Å². The summed E-state index contributed by atoms with van der Waals surface area (Å²) >= 11 is 0. The molecule has 0 amide bonds. The number of β-amino-alcohol motifs (C(OH)–C–C–N with tert-alkyl or cyclic N) is 1. The Kier molecular flexibility index (Phi) is 2.87. The van der Waals surface area contributed by atoms with Gasteiger partial charge < -0.3 is 5.11 Å². The van der Waals surface area contributed by atoms with Crippen molar-refractivity contribution >= 4 is 11.4 Å². The Labute approximate surface area is 90.9 Å². The summed E-state index contributed by atoms with van der Waals surface area (Å²) in [4.78, 5) is 0. The fraction of sp³-hybridized carbons (Fsp3) is 0.462. The highest BCUT2D eigenvalue weighted by Crippen LogP contribution is 2.36. The quantitative estimate of drug-likeness (QED) is 0.750. The third kappa shape index (κ3) is 1.59. The minimum absolute atomic E-state index is 0.210. The van der Waals surface area contributed by atoms with Gasteiger partial charge in [-0.1, -0.05) is 25.1 Å². The van der Waals surface area contributed by atoms with Crippen LogP contribution in [0.1, 0.15) is 31.7 Å². The number of hydrogen-bond acceptors (Lipinski definition) is 1. The molecule has 0 fully saturated rings. The fourth-order valence-corrected chi connectivity index (χ4v) is 2.54. The van der Waals surface area contributed by atoms with E-state index in [1.54, 1.807) is 0 Å². The van der Waals surface area contributed by atoms with Gasteiger partial charge in [0.25, 0.3) is 0 Å². The normalized spacial score (nSPS) is 19.5. The second-order valence-corrected chi connectivity index (χ2v) is 4.04. The lowest BCUT2D eigenvalue weighted by atomic mass is 9.94. The first-order valence-electron chi connectivity index (χ1n) is 5.60. The zero-order chi connectivity index (χ0) is 10.8. The van der Waals surface area contributed by atoms with E-state index >= 15 is 0 Å². The molecule has 1 aliphatic rings. The Morgan fingerprint density at radius 2 is 2.07 bits per heavy atom. The minimum atomic E-state index is 0.210. The Morgan fingerprint density at radius 3 is 2.73 bits per heavy atom. The van der Waals surface area contributed by atoms with Crippen LogP contribution < -0.4 is 0 Å². The van der Waals surface area contributed by atoms with Crippen molar-refractivity contribution in [3.05, 3.63) is 29.8 Å². The molecule has 2 rings (SSSR count). The standard InChI is InChI=1S/C13H18NO/c1-3-11-10(2)14(8-9-15)13-7-5-4-6-12(11)13/h4-7,11,15H,3,8-9H2,1-2H3/q+1. The van der Waals surface area contributed by atoms with Crippen LogP contribution in [0.5, 0.6) is 0 Å². The number of rotatable bonds is 3. The molecule has 1 atom stereocenters. The SMILES string of the molecule is CCC1C(C)=[N+](CCO)c2ccccc21. The van der Waals surface area contributed by atoms with Crippen molar-refractivity contribution in [1.82, 2.24) is 0 Å². The van der Waals surface area contributed by atoms with Gasteiger partial charge in [0, 0.05) is 18.6 Å². The van der Waals surface area contributed by atoms with E-state index in [1.807, 2.05) is 0 Å². The third-order valence-electron chi connectivity index (χ3n) is 3.26. The molecule has 2 heteroatoms. The molecule has 0 bridgehead atoms. The number of hydrogen-bond donors (Lipinski definition) is 1. The zero-order valence-corrected chi connectivity index (χ0v) is 9.40. The molecule has 1 unspecified atom stereocenters. The summed E-state index contributed by atoms with van der Waals surface area (Å²) in [5, 5.41) is 9.07. The van der Waals surface area contributed by atoms with E-state index in [2.05, 4.69) is 42.7 Å². The van der Waals surface area contributed by atoms with Gasteiger partial charge in [0.2, 0.25) is 5.69 Å². The fourth-order valence-electron chi connectivity index (χ4n) is 2.54. The van der Waals surface area contributed by atoms with E-state index in [4.69, 9.17) is 5.11 Å². The van der Waals surface area contributed by atoms with Crippen LogP contribution >= 0.6 is 0 Å². The average Bonchev–Trinajstić information content (AvgIpc) is 2.53. The molecule has 0 aromatic heterocycles.